The van der Waals surface area contributed by atoms with Crippen LogP contribution in [0.1, 0.15) is 40.3 Å². The van der Waals surface area contributed by atoms with Crippen molar-refractivity contribution in [2.75, 3.05) is 7.11 Å². The van der Waals surface area contributed by atoms with Gasteiger partial charge in [0.2, 0.25) is 0 Å². The largest absolute Gasteiger partial charge is 0.489 e. The second kappa shape index (κ2) is 8.28. The molecule has 0 fully saturated rings. The summed E-state index contributed by atoms with van der Waals surface area (Å²) >= 11 is 6.25. The maximum Gasteiger partial charge on any atom is 0.145 e. The normalized spacial score (nSPS) is 18.7. The summed E-state index contributed by atoms with van der Waals surface area (Å²) in [6.45, 7) is 8.49. The van der Waals surface area contributed by atoms with Crippen molar-refractivity contribution < 1.29 is 14.3 Å². The first-order chi connectivity index (χ1) is 13.0. The van der Waals surface area contributed by atoms with E-state index >= 15 is 0 Å². The maximum absolute atomic E-state index is 11.3. The number of hydrogen-bond donors (Lipinski definition) is 0. The highest BCUT2D eigenvalue weighted by Gasteiger charge is 2.34. The molecule has 2 aromatic carbocycles. The Hall–Kier alpha value is -2.10. The Bertz CT molecular complexity index is 872. The molecule has 0 radical (unpaired) electrons. The molecule has 1 aliphatic rings. The lowest BCUT2D eigenvalue weighted by atomic mass is 9.75. The van der Waals surface area contributed by atoms with Gasteiger partial charge in [0, 0.05) is 23.6 Å². The molecular formula is C23H25ClO3. The first-order valence-electron chi connectivity index (χ1n) is 9.13. The van der Waals surface area contributed by atoms with Crippen molar-refractivity contribution in [2.24, 2.45) is 5.92 Å². The zero-order valence-corrected chi connectivity index (χ0v) is 16.8. The number of carbonyl (C=O) groups is 1. The van der Waals surface area contributed by atoms with Gasteiger partial charge in [-0.1, -0.05) is 36.4 Å². The van der Waals surface area contributed by atoms with Gasteiger partial charge in [-0.2, -0.15) is 0 Å². The number of aldehydes is 1. The molecule has 1 unspecified atom stereocenters. The van der Waals surface area contributed by atoms with Crippen LogP contribution >= 0.6 is 11.6 Å². The van der Waals surface area contributed by atoms with Crippen LogP contribution < -0.4 is 4.74 Å². The summed E-state index contributed by atoms with van der Waals surface area (Å²) < 4.78 is 12.0. The lowest BCUT2D eigenvalue weighted by Gasteiger charge is -2.35. The van der Waals surface area contributed by atoms with Gasteiger partial charge in [-0.3, -0.25) is 4.79 Å². The van der Waals surface area contributed by atoms with E-state index in [4.69, 9.17) is 21.1 Å². The molecule has 4 heteroatoms. The number of benzene rings is 2. The molecule has 1 aliphatic carbocycles. The van der Waals surface area contributed by atoms with Crippen molar-refractivity contribution in [1.29, 1.82) is 0 Å². The predicted octanol–water partition coefficient (Wildman–Crippen LogP) is 5.54. The standard InChI is InChI=1S/C23H25ClO3/c1-14-11-21(27-13-17-7-5-6-8-20(17)24)16(3)22-18(14)9-10-19(15(2)12-25)23(22)26-4/h5-8,11-12,19,23H,2,9-10,13H2,1,3-4H3/t19-,23?/m0/s1. The SMILES string of the molecule is C=C(C=O)[C@@H]1CCc2c(C)cc(OCc3ccccc3Cl)c(C)c2C1OC. The minimum absolute atomic E-state index is 0.00285. The van der Waals surface area contributed by atoms with Crippen LogP contribution in [0.3, 0.4) is 0 Å². The highest BCUT2D eigenvalue weighted by atomic mass is 35.5. The van der Waals surface area contributed by atoms with E-state index in [1.807, 2.05) is 24.3 Å². The summed E-state index contributed by atoms with van der Waals surface area (Å²) in [5.41, 5.74) is 6.20. The molecule has 0 saturated heterocycles. The fourth-order valence-corrected chi connectivity index (χ4v) is 4.19. The van der Waals surface area contributed by atoms with Crippen molar-refractivity contribution in [3.8, 4) is 5.75 Å². The molecule has 0 aliphatic heterocycles. The number of rotatable bonds is 6. The molecule has 2 aromatic rings. The van der Waals surface area contributed by atoms with Crippen LogP contribution in [0.4, 0.5) is 0 Å². The first-order valence-corrected chi connectivity index (χ1v) is 9.51. The number of hydrogen-bond acceptors (Lipinski definition) is 3. The van der Waals surface area contributed by atoms with Gasteiger partial charge in [0.05, 0.1) is 6.10 Å². The van der Waals surface area contributed by atoms with Crippen molar-refractivity contribution in [1.82, 2.24) is 0 Å². The van der Waals surface area contributed by atoms with E-state index < -0.39 is 0 Å². The van der Waals surface area contributed by atoms with Crippen molar-refractivity contribution in [3.63, 3.8) is 0 Å². The average Bonchev–Trinajstić information content (AvgIpc) is 2.68. The molecule has 0 bridgehead atoms. The Kier molecular flexibility index (Phi) is 6.03. The van der Waals surface area contributed by atoms with Gasteiger partial charge < -0.3 is 9.47 Å². The second-order valence-corrected chi connectivity index (χ2v) is 7.49. The van der Waals surface area contributed by atoms with Crippen molar-refractivity contribution >= 4 is 17.9 Å². The molecule has 2 atom stereocenters. The Morgan fingerprint density at radius 1 is 1.33 bits per heavy atom. The number of carbonyl (C=O) groups excluding carboxylic acids is 1. The predicted molar refractivity (Wildman–Crippen MR) is 108 cm³/mol. The number of fused-ring (bicyclic) bond motifs is 1. The Balaban J connectivity index is 1.97. The van der Waals surface area contributed by atoms with Gasteiger partial charge in [0.1, 0.15) is 18.6 Å². The minimum Gasteiger partial charge on any atom is -0.489 e. The Morgan fingerprint density at radius 3 is 2.74 bits per heavy atom. The van der Waals surface area contributed by atoms with Gasteiger partial charge in [-0.05, 0) is 66.6 Å². The second-order valence-electron chi connectivity index (χ2n) is 7.08. The third-order valence-corrected chi connectivity index (χ3v) is 5.87. The van der Waals surface area contributed by atoms with Crippen molar-refractivity contribution in [2.45, 2.75) is 39.4 Å². The fraction of sp³-hybridized carbons (Fsp3) is 0.348. The molecule has 0 heterocycles. The van der Waals surface area contributed by atoms with E-state index in [2.05, 4.69) is 26.5 Å². The summed E-state index contributed by atoms with van der Waals surface area (Å²) in [4.78, 5) is 11.3. The quantitative estimate of drug-likeness (QED) is 0.484. The van der Waals surface area contributed by atoms with Crippen LogP contribution in [0.5, 0.6) is 5.75 Å². The molecule has 27 heavy (non-hydrogen) atoms. The monoisotopic (exact) mass is 384 g/mol. The fourth-order valence-electron chi connectivity index (χ4n) is 4.00. The average molecular weight is 385 g/mol. The Morgan fingerprint density at radius 2 is 2.07 bits per heavy atom. The van der Waals surface area contributed by atoms with Gasteiger partial charge in [0.15, 0.2) is 0 Å². The summed E-state index contributed by atoms with van der Waals surface area (Å²) in [6.07, 6.45) is 2.43. The summed E-state index contributed by atoms with van der Waals surface area (Å²) in [7, 11) is 1.69. The van der Waals surface area contributed by atoms with Crippen LogP contribution in [-0.2, 0) is 22.6 Å². The third kappa shape index (κ3) is 3.80. The lowest BCUT2D eigenvalue weighted by Crippen LogP contribution is -2.26. The number of aryl methyl sites for hydroxylation is 1. The zero-order valence-electron chi connectivity index (χ0n) is 16.0. The van der Waals surface area contributed by atoms with E-state index in [1.165, 1.54) is 11.1 Å². The van der Waals surface area contributed by atoms with E-state index in [-0.39, 0.29) is 12.0 Å². The molecular weight excluding hydrogens is 360 g/mol. The smallest absolute Gasteiger partial charge is 0.145 e. The molecule has 3 rings (SSSR count). The highest BCUT2D eigenvalue weighted by Crippen LogP contribution is 2.45. The molecule has 0 amide bonds. The van der Waals surface area contributed by atoms with Crippen LogP contribution in [0.2, 0.25) is 5.02 Å². The molecule has 0 N–H and O–H groups in total. The van der Waals surface area contributed by atoms with Crippen LogP contribution in [-0.4, -0.2) is 13.4 Å². The molecule has 3 nitrogen and oxygen atoms in total. The van der Waals surface area contributed by atoms with E-state index in [0.29, 0.717) is 17.2 Å². The number of methoxy groups -OCH3 is 1. The van der Waals surface area contributed by atoms with Gasteiger partial charge in [-0.25, -0.2) is 0 Å². The molecule has 0 spiro atoms. The van der Waals surface area contributed by atoms with E-state index in [1.54, 1.807) is 7.11 Å². The Labute approximate surface area is 165 Å². The van der Waals surface area contributed by atoms with Crippen LogP contribution in [0, 0.1) is 19.8 Å². The van der Waals surface area contributed by atoms with Gasteiger partial charge in [-0.15, -0.1) is 0 Å². The highest BCUT2D eigenvalue weighted by molar-refractivity contribution is 6.31. The zero-order chi connectivity index (χ0) is 19.6. The third-order valence-electron chi connectivity index (χ3n) is 5.50. The lowest BCUT2D eigenvalue weighted by molar-refractivity contribution is -0.106. The molecule has 0 aromatic heterocycles. The number of halogens is 1. The summed E-state index contributed by atoms with van der Waals surface area (Å²) in [5, 5.41) is 0.696. The van der Waals surface area contributed by atoms with E-state index in [9.17, 15) is 4.79 Å². The topological polar surface area (TPSA) is 35.5 Å². The first kappa shape index (κ1) is 19.7. The minimum atomic E-state index is -0.186. The molecule has 142 valence electrons. The van der Waals surface area contributed by atoms with Gasteiger partial charge >= 0.3 is 0 Å². The van der Waals surface area contributed by atoms with Gasteiger partial charge in [0.25, 0.3) is 0 Å². The van der Waals surface area contributed by atoms with Crippen LogP contribution in [0.25, 0.3) is 0 Å². The summed E-state index contributed by atoms with van der Waals surface area (Å²) in [5.74, 6) is 0.822. The maximum atomic E-state index is 11.3. The van der Waals surface area contributed by atoms with E-state index in [0.717, 1.165) is 41.6 Å². The van der Waals surface area contributed by atoms with Crippen molar-refractivity contribution in [3.05, 3.63) is 75.3 Å². The molecule has 0 saturated carbocycles. The number of ether oxygens (including phenoxy) is 2. The van der Waals surface area contributed by atoms with Crippen LogP contribution in [0.15, 0.2) is 42.5 Å². The summed E-state index contributed by atoms with van der Waals surface area (Å²) in [6, 6.07) is 9.77.